The Kier molecular flexibility index (Phi) is 3.70. The first-order valence-electron chi connectivity index (χ1n) is 7.46. The molecular formula is C17H14N4O2S. The van der Waals surface area contributed by atoms with E-state index in [-0.39, 0.29) is 18.4 Å². The molecule has 1 aliphatic rings. The molecule has 120 valence electrons. The number of hydrogen-bond acceptors (Lipinski definition) is 4. The van der Waals surface area contributed by atoms with E-state index >= 15 is 0 Å². The summed E-state index contributed by atoms with van der Waals surface area (Å²) in [7, 11) is 0. The summed E-state index contributed by atoms with van der Waals surface area (Å²) < 4.78 is 1.58. The van der Waals surface area contributed by atoms with Gasteiger partial charge in [-0.05, 0) is 24.3 Å². The van der Waals surface area contributed by atoms with Gasteiger partial charge in [-0.25, -0.2) is 9.66 Å². The van der Waals surface area contributed by atoms with Gasteiger partial charge in [-0.15, -0.1) is 11.8 Å². The van der Waals surface area contributed by atoms with Crippen LogP contribution in [0.3, 0.4) is 0 Å². The average molecular weight is 338 g/mol. The summed E-state index contributed by atoms with van der Waals surface area (Å²) in [5.74, 6) is 0.00993. The highest BCUT2D eigenvalue weighted by atomic mass is 32.2. The van der Waals surface area contributed by atoms with Crippen molar-refractivity contribution < 1.29 is 9.59 Å². The van der Waals surface area contributed by atoms with Crippen LogP contribution in [0, 0.1) is 0 Å². The monoisotopic (exact) mass is 338 g/mol. The van der Waals surface area contributed by atoms with Gasteiger partial charge < -0.3 is 4.90 Å². The Labute approximate surface area is 142 Å². The van der Waals surface area contributed by atoms with Crippen molar-refractivity contribution in [1.29, 1.82) is 0 Å². The van der Waals surface area contributed by atoms with Crippen molar-refractivity contribution >= 4 is 40.3 Å². The van der Waals surface area contributed by atoms with E-state index in [0.29, 0.717) is 5.75 Å². The molecule has 0 radical (unpaired) electrons. The molecular weight excluding hydrogens is 324 g/mol. The maximum absolute atomic E-state index is 12.4. The van der Waals surface area contributed by atoms with Crippen molar-refractivity contribution in [2.75, 3.05) is 22.6 Å². The van der Waals surface area contributed by atoms with Crippen molar-refractivity contribution in [3.8, 4) is 0 Å². The lowest BCUT2D eigenvalue weighted by atomic mass is 10.2. The van der Waals surface area contributed by atoms with Gasteiger partial charge in [-0.3, -0.25) is 15.0 Å². The van der Waals surface area contributed by atoms with Gasteiger partial charge in [-0.2, -0.15) is 0 Å². The van der Waals surface area contributed by atoms with E-state index < -0.39 is 0 Å². The number of carbonyl (C=O) groups is 2. The third-order valence-corrected chi connectivity index (χ3v) is 4.86. The first-order chi connectivity index (χ1) is 11.7. The Morgan fingerprint density at radius 3 is 2.88 bits per heavy atom. The maximum atomic E-state index is 12.4. The Hall–Kier alpha value is -2.80. The van der Waals surface area contributed by atoms with Gasteiger partial charge in [0.1, 0.15) is 12.9 Å². The van der Waals surface area contributed by atoms with Crippen LogP contribution in [-0.4, -0.2) is 33.8 Å². The highest BCUT2D eigenvalue weighted by molar-refractivity contribution is 8.00. The first kappa shape index (κ1) is 14.8. The molecule has 3 aromatic rings. The summed E-state index contributed by atoms with van der Waals surface area (Å²) in [5.41, 5.74) is 5.17. The molecule has 1 aliphatic heterocycles. The molecule has 2 heterocycles. The van der Waals surface area contributed by atoms with Crippen LogP contribution in [0.15, 0.2) is 59.8 Å². The first-order valence-corrected chi connectivity index (χ1v) is 8.45. The van der Waals surface area contributed by atoms with Crippen LogP contribution in [0.2, 0.25) is 0 Å². The van der Waals surface area contributed by atoms with Gasteiger partial charge in [0.15, 0.2) is 0 Å². The number of fused-ring (bicyclic) bond motifs is 2. The fourth-order valence-electron chi connectivity index (χ4n) is 2.69. The number of rotatable bonds is 3. The van der Waals surface area contributed by atoms with Gasteiger partial charge in [0.05, 0.1) is 22.5 Å². The van der Waals surface area contributed by atoms with Crippen molar-refractivity contribution in [2.24, 2.45) is 0 Å². The van der Waals surface area contributed by atoms with Crippen LogP contribution >= 0.6 is 11.8 Å². The molecule has 6 nitrogen and oxygen atoms in total. The quantitative estimate of drug-likeness (QED) is 0.795. The molecule has 24 heavy (non-hydrogen) atoms. The Bertz CT molecular complexity index is 937. The van der Waals surface area contributed by atoms with E-state index in [0.717, 1.165) is 21.6 Å². The number of benzene rings is 2. The van der Waals surface area contributed by atoms with Gasteiger partial charge in [-0.1, -0.05) is 24.3 Å². The van der Waals surface area contributed by atoms with E-state index in [2.05, 4.69) is 10.4 Å². The number of para-hydroxylation sites is 3. The molecule has 0 saturated heterocycles. The number of carbonyl (C=O) groups excluding carboxylic acids is 2. The molecule has 0 atom stereocenters. The number of imidazole rings is 1. The zero-order valence-corrected chi connectivity index (χ0v) is 13.5. The van der Waals surface area contributed by atoms with Crippen LogP contribution in [0.4, 0.5) is 5.69 Å². The standard InChI is InChI=1S/C17H14N4O2S/c22-16(19-21-11-18-12-5-1-2-6-13(12)21)9-20-14-7-3-4-8-15(14)24-10-17(20)23/h1-8,11H,9-10H2,(H,19,22). The number of anilines is 1. The minimum Gasteiger partial charge on any atom is -0.301 e. The number of hydrogen-bond donors (Lipinski definition) is 1. The third kappa shape index (κ3) is 2.63. The predicted molar refractivity (Wildman–Crippen MR) is 93.6 cm³/mol. The van der Waals surface area contributed by atoms with Crippen molar-refractivity contribution in [3.63, 3.8) is 0 Å². The van der Waals surface area contributed by atoms with Crippen LogP contribution < -0.4 is 10.3 Å². The average Bonchev–Trinajstić information content (AvgIpc) is 3.01. The molecule has 7 heteroatoms. The smallest absolute Gasteiger partial charge is 0.258 e. The normalized spacial score (nSPS) is 13.8. The fourth-order valence-corrected chi connectivity index (χ4v) is 3.62. The third-order valence-electron chi connectivity index (χ3n) is 3.81. The molecule has 0 saturated carbocycles. The van der Waals surface area contributed by atoms with Crippen LogP contribution in [0.25, 0.3) is 11.0 Å². The van der Waals surface area contributed by atoms with E-state index in [1.165, 1.54) is 16.7 Å². The predicted octanol–water partition coefficient (Wildman–Crippen LogP) is 2.25. The van der Waals surface area contributed by atoms with Crippen LogP contribution in [0.1, 0.15) is 0 Å². The lowest BCUT2D eigenvalue weighted by Gasteiger charge is -2.28. The van der Waals surface area contributed by atoms with Gasteiger partial charge >= 0.3 is 0 Å². The SMILES string of the molecule is O=C(CN1C(=O)CSc2ccccc21)Nn1cnc2ccccc21. The minimum atomic E-state index is -0.270. The maximum Gasteiger partial charge on any atom is 0.258 e. The van der Waals surface area contributed by atoms with Crippen LogP contribution in [0.5, 0.6) is 0 Å². The van der Waals surface area contributed by atoms with Crippen molar-refractivity contribution in [3.05, 3.63) is 54.9 Å². The summed E-state index contributed by atoms with van der Waals surface area (Å²) in [6, 6.07) is 15.1. The molecule has 1 aromatic heterocycles. The molecule has 0 aliphatic carbocycles. The Morgan fingerprint density at radius 2 is 1.96 bits per heavy atom. The van der Waals surface area contributed by atoms with E-state index in [9.17, 15) is 9.59 Å². The molecule has 0 bridgehead atoms. The Balaban J connectivity index is 1.55. The van der Waals surface area contributed by atoms with Crippen molar-refractivity contribution in [1.82, 2.24) is 9.66 Å². The van der Waals surface area contributed by atoms with Gasteiger partial charge in [0, 0.05) is 4.90 Å². The second-order valence-corrected chi connectivity index (χ2v) is 6.39. The number of aromatic nitrogens is 2. The lowest BCUT2D eigenvalue weighted by Crippen LogP contribution is -2.42. The van der Waals surface area contributed by atoms with Gasteiger partial charge in [0.2, 0.25) is 5.91 Å². The fraction of sp³-hybridized carbons (Fsp3) is 0.118. The summed E-state index contributed by atoms with van der Waals surface area (Å²) in [5, 5.41) is 0. The summed E-state index contributed by atoms with van der Waals surface area (Å²) in [4.78, 5) is 31.4. The second kappa shape index (κ2) is 6.01. The van der Waals surface area contributed by atoms with E-state index in [1.54, 1.807) is 11.0 Å². The topological polar surface area (TPSA) is 67.2 Å². The molecule has 1 N–H and O–H groups in total. The van der Waals surface area contributed by atoms with Crippen molar-refractivity contribution in [2.45, 2.75) is 4.90 Å². The zero-order valence-electron chi connectivity index (χ0n) is 12.7. The number of thioether (sulfide) groups is 1. The van der Waals surface area contributed by atoms with E-state index in [4.69, 9.17) is 0 Å². The summed E-state index contributed by atoms with van der Waals surface area (Å²) >= 11 is 1.50. The summed E-state index contributed by atoms with van der Waals surface area (Å²) in [6.45, 7) is -0.0249. The lowest BCUT2D eigenvalue weighted by molar-refractivity contribution is -0.120. The van der Waals surface area contributed by atoms with Gasteiger partial charge in [0.25, 0.3) is 5.91 Å². The molecule has 0 spiro atoms. The van der Waals surface area contributed by atoms with E-state index in [1.807, 2.05) is 48.5 Å². The zero-order chi connectivity index (χ0) is 16.5. The Morgan fingerprint density at radius 1 is 1.17 bits per heavy atom. The highest BCUT2D eigenvalue weighted by Gasteiger charge is 2.26. The molecule has 0 unspecified atom stereocenters. The molecule has 2 aromatic carbocycles. The molecule has 0 fully saturated rings. The highest BCUT2D eigenvalue weighted by Crippen LogP contribution is 2.34. The minimum absolute atomic E-state index is 0.0249. The largest absolute Gasteiger partial charge is 0.301 e. The number of nitrogens with zero attached hydrogens (tertiary/aromatic N) is 3. The molecule has 2 amide bonds. The number of nitrogens with one attached hydrogen (secondary N) is 1. The second-order valence-electron chi connectivity index (χ2n) is 5.37. The van der Waals surface area contributed by atoms with Crippen LogP contribution in [-0.2, 0) is 9.59 Å². The molecule has 4 rings (SSSR count). The number of amides is 2. The summed E-state index contributed by atoms with van der Waals surface area (Å²) in [6.07, 6.45) is 1.56.